The van der Waals surface area contributed by atoms with Crippen LogP contribution in [0.5, 0.6) is 5.75 Å². The van der Waals surface area contributed by atoms with Crippen molar-refractivity contribution in [2.75, 3.05) is 6.54 Å². The summed E-state index contributed by atoms with van der Waals surface area (Å²) in [6.07, 6.45) is 7.89. The maximum Gasteiger partial charge on any atom is 0.271 e. The van der Waals surface area contributed by atoms with Gasteiger partial charge in [0.25, 0.3) is 5.91 Å². The number of ether oxygens (including phenoxy) is 1. The van der Waals surface area contributed by atoms with E-state index < -0.39 is 0 Å². The molecule has 1 N–H and O–H groups in total. The second-order valence-electron chi connectivity index (χ2n) is 5.35. The van der Waals surface area contributed by atoms with Gasteiger partial charge in [-0.15, -0.1) is 0 Å². The van der Waals surface area contributed by atoms with E-state index in [-0.39, 0.29) is 12.6 Å². The molecule has 130 valence electrons. The monoisotopic (exact) mass is 359 g/mol. The molecule has 25 heavy (non-hydrogen) atoms. The number of halogens is 1. The van der Waals surface area contributed by atoms with Gasteiger partial charge in [0, 0.05) is 31.7 Å². The van der Waals surface area contributed by atoms with Crippen LogP contribution in [0, 0.1) is 0 Å². The van der Waals surface area contributed by atoms with Crippen LogP contribution in [0.25, 0.3) is 0 Å². The molecule has 0 saturated carbocycles. The molecule has 3 aromatic rings. The Labute approximate surface area is 150 Å². The minimum atomic E-state index is -0.206. The van der Waals surface area contributed by atoms with E-state index in [1.165, 1.54) is 0 Å². The highest BCUT2D eigenvalue weighted by atomic mass is 35.5. The fourth-order valence-electron chi connectivity index (χ4n) is 2.23. The maximum atomic E-state index is 12.1. The topological polar surface area (TPSA) is 74.0 Å². The first-order valence-electron chi connectivity index (χ1n) is 7.87. The minimum absolute atomic E-state index is 0.178. The number of nitrogens with one attached hydrogen (secondary N) is 1. The predicted octanol–water partition coefficient (Wildman–Crippen LogP) is 2.59. The van der Waals surface area contributed by atoms with Crippen LogP contribution in [0.15, 0.2) is 55.2 Å². The number of imidazole rings is 1. The summed E-state index contributed by atoms with van der Waals surface area (Å²) in [6, 6.07) is 8.86. The number of aromatic nitrogens is 4. The Bertz CT molecular complexity index is 816. The van der Waals surface area contributed by atoms with E-state index in [2.05, 4.69) is 15.4 Å². The van der Waals surface area contributed by atoms with Crippen molar-refractivity contribution >= 4 is 17.5 Å². The van der Waals surface area contributed by atoms with Gasteiger partial charge in [-0.25, -0.2) is 9.67 Å². The molecular formula is C17H18ClN5O2. The van der Waals surface area contributed by atoms with E-state index in [9.17, 15) is 4.79 Å². The SMILES string of the molecule is O=C(NCCCn1ccnc1)c1ccn(COc2ccccc2Cl)n1. The smallest absolute Gasteiger partial charge is 0.271 e. The molecule has 0 saturated heterocycles. The molecule has 0 aliphatic rings. The highest BCUT2D eigenvalue weighted by molar-refractivity contribution is 6.32. The average Bonchev–Trinajstić information content (AvgIpc) is 3.30. The Morgan fingerprint density at radius 2 is 2.12 bits per heavy atom. The largest absolute Gasteiger partial charge is 0.470 e. The molecular weight excluding hydrogens is 342 g/mol. The fraction of sp³-hybridized carbons (Fsp3) is 0.235. The van der Waals surface area contributed by atoms with Crippen molar-refractivity contribution in [1.82, 2.24) is 24.6 Å². The first-order chi connectivity index (χ1) is 12.2. The molecule has 8 heteroatoms. The van der Waals surface area contributed by atoms with E-state index in [1.54, 1.807) is 41.6 Å². The van der Waals surface area contributed by atoms with Crippen LogP contribution in [-0.4, -0.2) is 31.8 Å². The molecule has 0 bridgehead atoms. The molecule has 2 heterocycles. The molecule has 0 aliphatic carbocycles. The van der Waals surface area contributed by atoms with Crippen LogP contribution >= 0.6 is 11.6 Å². The lowest BCUT2D eigenvalue weighted by molar-refractivity contribution is 0.0945. The van der Waals surface area contributed by atoms with Gasteiger partial charge in [0.2, 0.25) is 0 Å². The van der Waals surface area contributed by atoms with Crippen LogP contribution in [-0.2, 0) is 13.3 Å². The van der Waals surface area contributed by atoms with E-state index in [4.69, 9.17) is 16.3 Å². The molecule has 2 aromatic heterocycles. The summed E-state index contributed by atoms with van der Waals surface area (Å²) < 4.78 is 9.09. The molecule has 1 aromatic carbocycles. The van der Waals surface area contributed by atoms with Crippen molar-refractivity contribution in [3.8, 4) is 5.75 Å². The Hall–Kier alpha value is -2.80. The van der Waals surface area contributed by atoms with Crippen LogP contribution in [0.1, 0.15) is 16.9 Å². The second kappa shape index (κ2) is 8.34. The van der Waals surface area contributed by atoms with Gasteiger partial charge >= 0.3 is 0 Å². The van der Waals surface area contributed by atoms with Crippen molar-refractivity contribution in [2.45, 2.75) is 19.7 Å². The van der Waals surface area contributed by atoms with Gasteiger partial charge in [0.05, 0.1) is 11.3 Å². The molecule has 0 aliphatic heterocycles. The van der Waals surface area contributed by atoms with Crippen molar-refractivity contribution in [3.63, 3.8) is 0 Å². The standard InChI is InChI=1S/C17H18ClN5O2/c18-14-4-1-2-5-16(14)25-13-23-10-6-15(21-23)17(24)20-7-3-9-22-11-8-19-12-22/h1-2,4-6,8,10-12H,3,7,9,13H2,(H,20,24). The number of hydrogen-bond acceptors (Lipinski definition) is 4. The molecule has 0 unspecified atom stereocenters. The zero-order valence-electron chi connectivity index (χ0n) is 13.5. The summed E-state index contributed by atoms with van der Waals surface area (Å²) in [5.74, 6) is 0.368. The Balaban J connectivity index is 1.44. The lowest BCUT2D eigenvalue weighted by Gasteiger charge is -2.07. The van der Waals surface area contributed by atoms with Crippen molar-refractivity contribution in [1.29, 1.82) is 0 Å². The minimum Gasteiger partial charge on any atom is -0.470 e. The number of amides is 1. The Morgan fingerprint density at radius 1 is 1.24 bits per heavy atom. The summed E-state index contributed by atoms with van der Waals surface area (Å²) >= 11 is 6.03. The Kier molecular flexibility index (Phi) is 5.69. The third-order valence-corrected chi connectivity index (χ3v) is 3.81. The van der Waals surface area contributed by atoms with E-state index in [0.29, 0.717) is 23.0 Å². The maximum absolute atomic E-state index is 12.1. The van der Waals surface area contributed by atoms with Gasteiger partial charge in [-0.3, -0.25) is 4.79 Å². The zero-order valence-corrected chi connectivity index (χ0v) is 14.3. The number of hydrogen-bond donors (Lipinski definition) is 1. The zero-order chi connectivity index (χ0) is 17.5. The summed E-state index contributed by atoms with van der Waals surface area (Å²) in [7, 11) is 0. The molecule has 0 spiro atoms. The van der Waals surface area contributed by atoms with Gasteiger partial charge in [-0.2, -0.15) is 5.10 Å². The summed E-state index contributed by atoms with van der Waals surface area (Å²) in [6.45, 7) is 1.55. The fourth-order valence-corrected chi connectivity index (χ4v) is 2.42. The lowest BCUT2D eigenvalue weighted by Crippen LogP contribution is -2.25. The van der Waals surface area contributed by atoms with Crippen LogP contribution in [0.3, 0.4) is 0 Å². The molecule has 0 radical (unpaired) electrons. The van der Waals surface area contributed by atoms with Crippen LogP contribution in [0.4, 0.5) is 0 Å². The normalized spacial score (nSPS) is 10.6. The highest BCUT2D eigenvalue weighted by Gasteiger charge is 2.09. The lowest BCUT2D eigenvalue weighted by atomic mass is 10.3. The van der Waals surface area contributed by atoms with Gasteiger partial charge in [0.15, 0.2) is 6.73 Å². The van der Waals surface area contributed by atoms with E-state index >= 15 is 0 Å². The second-order valence-corrected chi connectivity index (χ2v) is 5.76. The van der Waals surface area contributed by atoms with Gasteiger partial charge in [-0.1, -0.05) is 23.7 Å². The predicted molar refractivity (Wildman–Crippen MR) is 93.5 cm³/mol. The number of aryl methyl sites for hydroxylation is 1. The van der Waals surface area contributed by atoms with Gasteiger partial charge in [0.1, 0.15) is 11.4 Å². The van der Waals surface area contributed by atoms with Crippen molar-refractivity contribution in [3.05, 3.63) is 66.0 Å². The summed E-state index contributed by atoms with van der Waals surface area (Å²) in [5.41, 5.74) is 0.352. The third kappa shape index (κ3) is 4.84. The number of benzene rings is 1. The molecule has 1 amide bonds. The Morgan fingerprint density at radius 3 is 2.92 bits per heavy atom. The number of carbonyl (C=O) groups excluding carboxylic acids is 1. The van der Waals surface area contributed by atoms with E-state index in [0.717, 1.165) is 13.0 Å². The van der Waals surface area contributed by atoms with Crippen molar-refractivity contribution in [2.24, 2.45) is 0 Å². The molecule has 0 atom stereocenters. The molecule has 3 rings (SSSR count). The van der Waals surface area contributed by atoms with Gasteiger partial charge in [-0.05, 0) is 24.6 Å². The first kappa shape index (κ1) is 17.0. The summed E-state index contributed by atoms with van der Waals surface area (Å²) in [4.78, 5) is 16.1. The van der Waals surface area contributed by atoms with Crippen LogP contribution < -0.4 is 10.1 Å². The van der Waals surface area contributed by atoms with E-state index in [1.807, 2.05) is 22.9 Å². The first-order valence-corrected chi connectivity index (χ1v) is 8.25. The number of carbonyl (C=O) groups is 1. The molecule has 7 nitrogen and oxygen atoms in total. The number of para-hydroxylation sites is 1. The number of nitrogens with zero attached hydrogens (tertiary/aromatic N) is 4. The van der Waals surface area contributed by atoms with Crippen LogP contribution in [0.2, 0.25) is 5.02 Å². The third-order valence-electron chi connectivity index (χ3n) is 3.50. The van der Waals surface area contributed by atoms with Gasteiger partial charge < -0.3 is 14.6 Å². The highest BCUT2D eigenvalue weighted by Crippen LogP contribution is 2.23. The molecule has 0 fully saturated rings. The average molecular weight is 360 g/mol. The quantitative estimate of drug-likeness (QED) is 0.627. The summed E-state index contributed by atoms with van der Waals surface area (Å²) in [5, 5.41) is 7.58. The van der Waals surface area contributed by atoms with Crippen molar-refractivity contribution < 1.29 is 9.53 Å². The number of rotatable bonds is 8.